The van der Waals surface area contributed by atoms with Crippen molar-refractivity contribution in [3.8, 4) is 0 Å². The van der Waals surface area contributed by atoms with Gasteiger partial charge in [0.25, 0.3) is 0 Å². The van der Waals surface area contributed by atoms with Gasteiger partial charge in [-0.1, -0.05) is 15.9 Å². The lowest BCUT2D eigenvalue weighted by atomic mass is 10.2. The summed E-state index contributed by atoms with van der Waals surface area (Å²) >= 11 is 3.00. The van der Waals surface area contributed by atoms with Crippen molar-refractivity contribution in [2.45, 2.75) is 11.5 Å². The molecule has 0 saturated heterocycles. The third kappa shape index (κ3) is 2.75. The second kappa shape index (κ2) is 3.73. The molecule has 0 unspecified atom stereocenters. The average Bonchev–Trinajstić information content (AvgIpc) is 2.01. The van der Waals surface area contributed by atoms with E-state index in [2.05, 4.69) is 15.9 Å². The van der Waals surface area contributed by atoms with Gasteiger partial charge in [-0.3, -0.25) is 0 Å². The maximum atomic E-state index is 12.5. The summed E-state index contributed by atoms with van der Waals surface area (Å²) in [6.45, 7) is -0.331. The van der Waals surface area contributed by atoms with Gasteiger partial charge in [-0.05, 0) is 23.8 Å². The van der Waals surface area contributed by atoms with E-state index in [9.17, 15) is 12.3 Å². The van der Waals surface area contributed by atoms with Crippen LogP contribution >= 0.6 is 15.9 Å². The van der Waals surface area contributed by atoms with Gasteiger partial charge in [0.05, 0.1) is 11.5 Å². The second-order valence-electron chi connectivity index (χ2n) is 2.39. The molecule has 0 aliphatic heterocycles. The maximum Gasteiger partial charge on any atom is 0.332 e. The van der Waals surface area contributed by atoms with Crippen LogP contribution in [0.4, 0.5) is 3.89 Å². The first-order valence-corrected chi connectivity index (χ1v) is 5.46. The van der Waals surface area contributed by atoms with Gasteiger partial charge in [0, 0.05) is 4.47 Å². The average molecular weight is 269 g/mol. The van der Waals surface area contributed by atoms with E-state index in [1.54, 1.807) is 0 Å². The molecule has 1 aromatic rings. The van der Waals surface area contributed by atoms with E-state index < -0.39 is 15.1 Å². The van der Waals surface area contributed by atoms with Gasteiger partial charge in [0.2, 0.25) is 0 Å². The Morgan fingerprint density at radius 1 is 1.38 bits per heavy atom. The predicted molar refractivity (Wildman–Crippen MR) is 48.4 cm³/mol. The SMILES string of the molecule is O=S(=O)(F)c1cc(Br)cc(CO)c1. The summed E-state index contributed by atoms with van der Waals surface area (Å²) in [4.78, 5) is -0.453. The van der Waals surface area contributed by atoms with Crippen LogP contribution in [0.3, 0.4) is 0 Å². The van der Waals surface area contributed by atoms with Crippen LogP contribution in [-0.4, -0.2) is 13.5 Å². The molecule has 6 heteroatoms. The van der Waals surface area contributed by atoms with Crippen LogP contribution in [0, 0.1) is 0 Å². The van der Waals surface area contributed by atoms with Crippen molar-refractivity contribution in [2.24, 2.45) is 0 Å². The van der Waals surface area contributed by atoms with E-state index in [1.807, 2.05) is 0 Å². The Morgan fingerprint density at radius 3 is 2.46 bits per heavy atom. The molecule has 1 N–H and O–H groups in total. The summed E-state index contributed by atoms with van der Waals surface area (Å²) in [7, 11) is -4.70. The topological polar surface area (TPSA) is 54.4 Å². The molecule has 0 radical (unpaired) electrons. The van der Waals surface area contributed by atoms with Gasteiger partial charge in [0.15, 0.2) is 0 Å². The molecule has 0 aromatic heterocycles. The summed E-state index contributed by atoms with van der Waals surface area (Å²) in [5.74, 6) is 0. The molecular weight excluding hydrogens is 263 g/mol. The minimum atomic E-state index is -4.70. The fourth-order valence-corrected chi connectivity index (χ4v) is 2.10. The van der Waals surface area contributed by atoms with Gasteiger partial charge in [-0.25, -0.2) is 0 Å². The molecule has 1 rings (SSSR count). The van der Waals surface area contributed by atoms with Crippen LogP contribution in [0.25, 0.3) is 0 Å². The number of aliphatic hydroxyl groups is 1. The van der Waals surface area contributed by atoms with Gasteiger partial charge >= 0.3 is 10.2 Å². The highest BCUT2D eigenvalue weighted by Gasteiger charge is 2.13. The Balaban J connectivity index is 3.33. The molecule has 0 saturated carbocycles. The highest BCUT2D eigenvalue weighted by molar-refractivity contribution is 9.10. The molecule has 72 valence electrons. The van der Waals surface area contributed by atoms with Crippen molar-refractivity contribution >= 4 is 26.2 Å². The molecule has 0 atom stereocenters. The first-order valence-electron chi connectivity index (χ1n) is 3.28. The molecule has 0 spiro atoms. The standard InChI is InChI=1S/C7H6BrFO3S/c8-6-1-5(4-10)2-7(3-6)13(9,11)12/h1-3,10H,4H2. The molecule has 0 bridgehead atoms. The number of hydrogen-bond acceptors (Lipinski definition) is 3. The minimum Gasteiger partial charge on any atom is -0.392 e. The predicted octanol–water partition coefficient (Wildman–Crippen LogP) is 1.60. The fraction of sp³-hybridized carbons (Fsp3) is 0.143. The highest BCUT2D eigenvalue weighted by atomic mass is 79.9. The molecule has 0 amide bonds. The number of benzene rings is 1. The molecular formula is C7H6BrFO3S. The fourth-order valence-electron chi connectivity index (χ4n) is 0.853. The van der Waals surface area contributed by atoms with Crippen molar-refractivity contribution in [1.29, 1.82) is 0 Å². The van der Waals surface area contributed by atoms with E-state index >= 15 is 0 Å². The Bertz CT molecular complexity index is 416. The van der Waals surface area contributed by atoms with Crippen molar-refractivity contribution < 1.29 is 17.4 Å². The van der Waals surface area contributed by atoms with Gasteiger partial charge in [-0.15, -0.1) is 3.89 Å². The van der Waals surface area contributed by atoms with Crippen LogP contribution in [0.2, 0.25) is 0 Å². The third-order valence-electron chi connectivity index (χ3n) is 1.40. The Hall–Kier alpha value is -0.460. The van der Waals surface area contributed by atoms with E-state index in [1.165, 1.54) is 6.07 Å². The molecule has 3 nitrogen and oxygen atoms in total. The van der Waals surface area contributed by atoms with Gasteiger partial charge in [-0.2, -0.15) is 8.42 Å². The molecule has 0 aliphatic carbocycles. The smallest absolute Gasteiger partial charge is 0.332 e. The normalized spacial score (nSPS) is 11.6. The lowest BCUT2D eigenvalue weighted by Gasteiger charge is -2.00. The Labute approximate surface area is 83.5 Å². The van der Waals surface area contributed by atoms with Crippen molar-refractivity contribution in [1.82, 2.24) is 0 Å². The van der Waals surface area contributed by atoms with E-state index in [0.717, 1.165) is 12.1 Å². The lowest BCUT2D eigenvalue weighted by molar-refractivity contribution is 0.281. The van der Waals surface area contributed by atoms with Crippen molar-refractivity contribution in [3.63, 3.8) is 0 Å². The maximum absolute atomic E-state index is 12.5. The summed E-state index contributed by atoms with van der Waals surface area (Å²) in [5.41, 5.74) is 0.339. The third-order valence-corrected chi connectivity index (χ3v) is 2.65. The number of hydrogen-bond donors (Lipinski definition) is 1. The Kier molecular flexibility index (Phi) is 3.05. The van der Waals surface area contributed by atoms with Gasteiger partial charge < -0.3 is 5.11 Å². The zero-order valence-corrected chi connectivity index (χ0v) is 8.77. The van der Waals surface area contributed by atoms with E-state index in [-0.39, 0.29) is 6.61 Å². The van der Waals surface area contributed by atoms with Crippen LogP contribution < -0.4 is 0 Å². The summed E-state index contributed by atoms with van der Waals surface area (Å²) in [5, 5.41) is 8.71. The molecule has 13 heavy (non-hydrogen) atoms. The van der Waals surface area contributed by atoms with Crippen molar-refractivity contribution in [2.75, 3.05) is 0 Å². The number of halogens is 2. The van der Waals surface area contributed by atoms with Crippen LogP contribution in [-0.2, 0) is 16.8 Å². The first kappa shape index (κ1) is 10.6. The van der Waals surface area contributed by atoms with E-state index in [4.69, 9.17) is 5.11 Å². The highest BCUT2D eigenvalue weighted by Crippen LogP contribution is 2.20. The summed E-state index contributed by atoms with van der Waals surface area (Å²) < 4.78 is 33.9. The largest absolute Gasteiger partial charge is 0.392 e. The van der Waals surface area contributed by atoms with Crippen LogP contribution in [0.15, 0.2) is 27.6 Å². The Morgan fingerprint density at radius 2 is 2.00 bits per heavy atom. The summed E-state index contributed by atoms with van der Waals surface area (Å²) in [6.07, 6.45) is 0. The quantitative estimate of drug-likeness (QED) is 0.830. The molecule has 0 aliphatic rings. The van der Waals surface area contributed by atoms with E-state index in [0.29, 0.717) is 10.0 Å². The zero-order chi connectivity index (χ0) is 10.1. The number of rotatable bonds is 2. The van der Waals surface area contributed by atoms with Gasteiger partial charge in [0.1, 0.15) is 0 Å². The van der Waals surface area contributed by atoms with Crippen LogP contribution in [0.5, 0.6) is 0 Å². The minimum absolute atomic E-state index is 0.331. The van der Waals surface area contributed by atoms with Crippen LogP contribution in [0.1, 0.15) is 5.56 Å². The summed E-state index contributed by atoms with van der Waals surface area (Å²) in [6, 6.07) is 3.73. The molecule has 0 fully saturated rings. The second-order valence-corrected chi connectivity index (χ2v) is 4.65. The monoisotopic (exact) mass is 268 g/mol. The lowest BCUT2D eigenvalue weighted by Crippen LogP contribution is -1.94. The molecule has 1 aromatic carbocycles. The molecule has 0 heterocycles. The number of aliphatic hydroxyl groups excluding tert-OH is 1. The van der Waals surface area contributed by atoms with Crippen molar-refractivity contribution in [3.05, 3.63) is 28.2 Å². The first-order chi connectivity index (χ1) is 5.93. The zero-order valence-electron chi connectivity index (χ0n) is 6.37.